The summed E-state index contributed by atoms with van der Waals surface area (Å²) in [5.74, 6) is 0.753. The van der Waals surface area contributed by atoms with Crippen LogP contribution in [0, 0.1) is 5.92 Å². The van der Waals surface area contributed by atoms with Crippen molar-refractivity contribution in [3.8, 4) is 0 Å². The lowest BCUT2D eigenvalue weighted by Gasteiger charge is -2.10. The molecule has 0 saturated carbocycles. The lowest BCUT2D eigenvalue weighted by atomic mass is 10.0. The molecule has 1 atom stereocenters. The summed E-state index contributed by atoms with van der Waals surface area (Å²) in [5.41, 5.74) is 1.43. The third-order valence-corrected chi connectivity index (χ3v) is 2.92. The van der Waals surface area contributed by atoms with E-state index in [4.69, 9.17) is 0 Å². The van der Waals surface area contributed by atoms with Crippen molar-refractivity contribution in [1.29, 1.82) is 0 Å². The summed E-state index contributed by atoms with van der Waals surface area (Å²) in [6.07, 6.45) is 2.43. The van der Waals surface area contributed by atoms with Gasteiger partial charge in [0.15, 0.2) is 0 Å². The molecule has 78 valence electrons. The molecule has 0 fully saturated rings. The van der Waals surface area contributed by atoms with Gasteiger partial charge in [-0.25, -0.2) is 0 Å². The monoisotopic (exact) mass is 255 g/mol. The van der Waals surface area contributed by atoms with Gasteiger partial charge in [0.1, 0.15) is 0 Å². The summed E-state index contributed by atoms with van der Waals surface area (Å²) < 4.78 is 1.16. The minimum Gasteiger partial charge on any atom is -0.319 e. The maximum atomic E-state index is 3.44. The Kier molecular flexibility index (Phi) is 5.20. The fraction of sp³-hybridized carbons (Fsp3) is 0.500. The van der Waals surface area contributed by atoms with E-state index in [0.29, 0.717) is 0 Å². The molecule has 1 aromatic rings. The van der Waals surface area contributed by atoms with Gasteiger partial charge in [-0.15, -0.1) is 0 Å². The molecule has 0 aliphatic carbocycles. The van der Waals surface area contributed by atoms with Crippen molar-refractivity contribution in [2.75, 3.05) is 13.6 Å². The summed E-state index contributed by atoms with van der Waals surface area (Å²) in [7, 11) is 2.01. The van der Waals surface area contributed by atoms with Crippen LogP contribution < -0.4 is 5.32 Å². The first kappa shape index (κ1) is 11.7. The van der Waals surface area contributed by atoms with Crippen molar-refractivity contribution in [3.05, 3.63) is 34.3 Å². The van der Waals surface area contributed by atoms with Crippen molar-refractivity contribution in [3.63, 3.8) is 0 Å². The Morgan fingerprint density at radius 2 is 1.93 bits per heavy atom. The quantitative estimate of drug-likeness (QED) is 0.852. The fourth-order valence-electron chi connectivity index (χ4n) is 1.51. The number of aryl methyl sites for hydroxylation is 1. The molecule has 0 bridgehead atoms. The standard InChI is InChI=1S/C12H18BrN/c1-10(9-14-2)3-4-11-5-7-12(13)8-6-11/h5-8,10,14H,3-4,9H2,1-2H3. The van der Waals surface area contributed by atoms with Crippen molar-refractivity contribution >= 4 is 15.9 Å². The summed E-state index contributed by atoms with van der Waals surface area (Å²) in [6, 6.07) is 8.60. The first-order valence-corrected chi connectivity index (χ1v) is 5.90. The van der Waals surface area contributed by atoms with Gasteiger partial charge >= 0.3 is 0 Å². The SMILES string of the molecule is CNCC(C)CCc1ccc(Br)cc1. The van der Waals surface area contributed by atoms with Crippen LogP contribution in [-0.4, -0.2) is 13.6 Å². The smallest absolute Gasteiger partial charge is 0.0175 e. The molecule has 1 N–H and O–H groups in total. The molecule has 1 unspecified atom stereocenters. The van der Waals surface area contributed by atoms with Crippen molar-refractivity contribution in [1.82, 2.24) is 5.32 Å². The van der Waals surface area contributed by atoms with Crippen LogP contribution in [0.2, 0.25) is 0 Å². The van der Waals surface area contributed by atoms with E-state index >= 15 is 0 Å². The molecule has 0 heterocycles. The zero-order valence-electron chi connectivity index (χ0n) is 8.89. The molecule has 0 saturated heterocycles. The zero-order valence-corrected chi connectivity index (χ0v) is 10.5. The Balaban J connectivity index is 2.34. The van der Waals surface area contributed by atoms with Crippen LogP contribution in [0.1, 0.15) is 18.9 Å². The Morgan fingerprint density at radius 1 is 1.29 bits per heavy atom. The predicted octanol–water partition coefficient (Wildman–Crippen LogP) is 3.24. The lowest BCUT2D eigenvalue weighted by Crippen LogP contribution is -2.16. The summed E-state index contributed by atoms with van der Waals surface area (Å²) >= 11 is 3.44. The maximum absolute atomic E-state index is 3.44. The number of nitrogens with one attached hydrogen (secondary N) is 1. The van der Waals surface area contributed by atoms with Crippen molar-refractivity contribution < 1.29 is 0 Å². The van der Waals surface area contributed by atoms with E-state index in [1.807, 2.05) is 7.05 Å². The van der Waals surface area contributed by atoms with Gasteiger partial charge in [-0.05, 0) is 50.0 Å². The fourth-order valence-corrected chi connectivity index (χ4v) is 1.78. The zero-order chi connectivity index (χ0) is 10.4. The number of halogens is 1. The van der Waals surface area contributed by atoms with Crippen LogP contribution in [0.3, 0.4) is 0 Å². The predicted molar refractivity (Wildman–Crippen MR) is 65.6 cm³/mol. The highest BCUT2D eigenvalue weighted by atomic mass is 79.9. The van der Waals surface area contributed by atoms with Crippen LogP contribution in [-0.2, 0) is 6.42 Å². The highest BCUT2D eigenvalue weighted by molar-refractivity contribution is 9.10. The number of benzene rings is 1. The first-order valence-electron chi connectivity index (χ1n) is 5.11. The van der Waals surface area contributed by atoms with E-state index in [-0.39, 0.29) is 0 Å². The molecule has 1 nitrogen and oxygen atoms in total. The molecule has 0 aliphatic heterocycles. The minimum atomic E-state index is 0.753. The molecule has 1 rings (SSSR count). The second-order valence-corrected chi connectivity index (χ2v) is 4.74. The minimum absolute atomic E-state index is 0.753. The summed E-state index contributed by atoms with van der Waals surface area (Å²) in [6.45, 7) is 3.39. The van der Waals surface area contributed by atoms with Crippen LogP contribution in [0.5, 0.6) is 0 Å². The van der Waals surface area contributed by atoms with Gasteiger partial charge in [-0.1, -0.05) is 35.0 Å². The molecule has 0 amide bonds. The van der Waals surface area contributed by atoms with Gasteiger partial charge in [0, 0.05) is 4.47 Å². The second-order valence-electron chi connectivity index (χ2n) is 3.83. The van der Waals surface area contributed by atoms with E-state index in [1.165, 1.54) is 18.4 Å². The molecule has 0 aromatic heterocycles. The van der Waals surface area contributed by atoms with Crippen LogP contribution in [0.15, 0.2) is 28.7 Å². The largest absolute Gasteiger partial charge is 0.319 e. The van der Waals surface area contributed by atoms with Crippen LogP contribution in [0.4, 0.5) is 0 Å². The van der Waals surface area contributed by atoms with Crippen LogP contribution >= 0.6 is 15.9 Å². The highest BCUT2D eigenvalue weighted by Crippen LogP contribution is 2.13. The molecule has 2 heteroatoms. The average Bonchev–Trinajstić information content (AvgIpc) is 2.17. The highest BCUT2D eigenvalue weighted by Gasteiger charge is 2.00. The van der Waals surface area contributed by atoms with Crippen molar-refractivity contribution in [2.45, 2.75) is 19.8 Å². The molecule has 1 aromatic carbocycles. The molecular formula is C12H18BrN. The van der Waals surface area contributed by atoms with Gasteiger partial charge in [0.25, 0.3) is 0 Å². The van der Waals surface area contributed by atoms with Gasteiger partial charge in [-0.2, -0.15) is 0 Å². The maximum Gasteiger partial charge on any atom is 0.0175 e. The van der Waals surface area contributed by atoms with Crippen molar-refractivity contribution in [2.24, 2.45) is 5.92 Å². The first-order chi connectivity index (χ1) is 6.72. The van der Waals surface area contributed by atoms with Gasteiger partial charge < -0.3 is 5.32 Å². The van der Waals surface area contributed by atoms with Gasteiger partial charge in [0.05, 0.1) is 0 Å². The van der Waals surface area contributed by atoms with E-state index in [2.05, 4.69) is 52.4 Å². The van der Waals surface area contributed by atoms with E-state index in [0.717, 1.165) is 16.9 Å². The van der Waals surface area contributed by atoms with E-state index in [1.54, 1.807) is 0 Å². The Bertz CT molecular complexity index is 256. The summed E-state index contributed by atoms with van der Waals surface area (Å²) in [4.78, 5) is 0. The number of hydrogen-bond acceptors (Lipinski definition) is 1. The van der Waals surface area contributed by atoms with Crippen LogP contribution in [0.25, 0.3) is 0 Å². The molecule has 0 aliphatic rings. The molecule has 0 spiro atoms. The van der Waals surface area contributed by atoms with E-state index < -0.39 is 0 Å². The Labute approximate surface area is 95.0 Å². The lowest BCUT2D eigenvalue weighted by molar-refractivity contribution is 0.505. The van der Waals surface area contributed by atoms with Gasteiger partial charge in [-0.3, -0.25) is 0 Å². The number of rotatable bonds is 5. The Morgan fingerprint density at radius 3 is 2.50 bits per heavy atom. The average molecular weight is 256 g/mol. The molecule has 0 radical (unpaired) electrons. The summed E-state index contributed by atoms with van der Waals surface area (Å²) in [5, 5.41) is 3.21. The normalized spacial score (nSPS) is 12.8. The topological polar surface area (TPSA) is 12.0 Å². The Hall–Kier alpha value is -0.340. The molecular weight excluding hydrogens is 238 g/mol. The third-order valence-electron chi connectivity index (χ3n) is 2.39. The van der Waals surface area contributed by atoms with E-state index in [9.17, 15) is 0 Å². The molecule has 14 heavy (non-hydrogen) atoms. The second kappa shape index (κ2) is 6.20. The van der Waals surface area contributed by atoms with Gasteiger partial charge in [0.2, 0.25) is 0 Å². The third kappa shape index (κ3) is 4.25. The number of hydrogen-bond donors (Lipinski definition) is 1.